The molecule has 1 aliphatic carbocycles. The van der Waals surface area contributed by atoms with Crippen molar-refractivity contribution in [2.24, 2.45) is 5.92 Å². The Morgan fingerprint density at radius 3 is 2.69 bits per heavy atom. The van der Waals surface area contributed by atoms with E-state index in [2.05, 4.69) is 27.9 Å². The first-order valence-corrected chi connectivity index (χ1v) is 6.90. The quantitative estimate of drug-likeness (QED) is 0.822. The van der Waals surface area contributed by atoms with Crippen LogP contribution in [0.2, 0.25) is 0 Å². The number of carbonyl (C=O) groups excluding carboxylic acids is 1. The van der Waals surface area contributed by atoms with E-state index in [9.17, 15) is 4.79 Å². The molecule has 0 saturated heterocycles. The van der Waals surface area contributed by atoms with Crippen LogP contribution in [0.5, 0.6) is 0 Å². The van der Waals surface area contributed by atoms with Crippen molar-refractivity contribution < 1.29 is 4.79 Å². The van der Waals surface area contributed by atoms with Crippen LogP contribution in [0, 0.1) is 9.49 Å². The molecule has 0 spiro atoms. The van der Waals surface area contributed by atoms with Crippen LogP contribution in [-0.2, 0) is 4.79 Å². The summed E-state index contributed by atoms with van der Waals surface area (Å²) in [7, 11) is 0. The lowest BCUT2D eigenvalue weighted by atomic mass is 9.88. The normalized spacial score (nSPS) is 17.1. The average Bonchev–Trinajstić information content (AvgIpc) is 2.30. The van der Waals surface area contributed by atoms with Crippen molar-refractivity contribution >= 4 is 34.2 Å². The van der Waals surface area contributed by atoms with Gasteiger partial charge < -0.3 is 5.32 Å². The molecule has 86 valence electrons. The third-order valence-electron chi connectivity index (χ3n) is 3.07. The van der Waals surface area contributed by atoms with Crippen LogP contribution in [-0.4, -0.2) is 5.91 Å². The minimum atomic E-state index is 0.196. The maximum atomic E-state index is 12.0. The van der Waals surface area contributed by atoms with Crippen LogP contribution in [0.15, 0.2) is 24.3 Å². The van der Waals surface area contributed by atoms with Crippen LogP contribution >= 0.6 is 22.6 Å². The summed E-state index contributed by atoms with van der Waals surface area (Å²) in [6.07, 6.45) is 5.79. The summed E-state index contributed by atoms with van der Waals surface area (Å²) in [6, 6.07) is 7.94. The zero-order chi connectivity index (χ0) is 11.4. The highest BCUT2D eigenvalue weighted by Crippen LogP contribution is 2.25. The second kappa shape index (κ2) is 5.66. The van der Waals surface area contributed by atoms with Gasteiger partial charge in [-0.05, 0) is 53.6 Å². The summed E-state index contributed by atoms with van der Waals surface area (Å²) in [5.74, 6) is 0.424. The molecule has 2 nitrogen and oxygen atoms in total. The van der Waals surface area contributed by atoms with Crippen molar-refractivity contribution in [3.8, 4) is 0 Å². The Kier molecular flexibility index (Phi) is 4.21. The Hall–Kier alpha value is -0.580. The van der Waals surface area contributed by atoms with E-state index in [1.54, 1.807) is 0 Å². The molecule has 16 heavy (non-hydrogen) atoms. The molecular weight excluding hydrogens is 313 g/mol. The van der Waals surface area contributed by atoms with E-state index in [1.165, 1.54) is 19.3 Å². The Labute approximate surface area is 110 Å². The van der Waals surface area contributed by atoms with Gasteiger partial charge in [0.25, 0.3) is 0 Å². The number of hydrogen-bond donors (Lipinski definition) is 1. The molecule has 0 unspecified atom stereocenters. The summed E-state index contributed by atoms with van der Waals surface area (Å²) in [6.45, 7) is 0. The highest BCUT2D eigenvalue weighted by Gasteiger charge is 2.20. The van der Waals surface area contributed by atoms with Crippen molar-refractivity contribution in [3.05, 3.63) is 27.8 Å². The number of benzene rings is 1. The first-order valence-electron chi connectivity index (χ1n) is 5.82. The molecule has 0 bridgehead atoms. The van der Waals surface area contributed by atoms with E-state index in [0.29, 0.717) is 0 Å². The summed E-state index contributed by atoms with van der Waals surface area (Å²) >= 11 is 2.26. The van der Waals surface area contributed by atoms with Crippen molar-refractivity contribution in [2.45, 2.75) is 32.1 Å². The smallest absolute Gasteiger partial charge is 0.227 e. The maximum absolute atomic E-state index is 12.0. The Balaban J connectivity index is 1.96. The lowest BCUT2D eigenvalue weighted by molar-refractivity contribution is -0.120. The fourth-order valence-electron chi connectivity index (χ4n) is 2.18. The van der Waals surface area contributed by atoms with Gasteiger partial charge in [-0.1, -0.05) is 25.3 Å². The van der Waals surface area contributed by atoms with Gasteiger partial charge in [0, 0.05) is 15.2 Å². The molecule has 0 aromatic heterocycles. The molecule has 1 N–H and O–H groups in total. The third-order valence-corrected chi connectivity index (χ3v) is 3.74. The Bertz CT molecular complexity index is 372. The highest BCUT2D eigenvalue weighted by molar-refractivity contribution is 14.1. The zero-order valence-electron chi connectivity index (χ0n) is 9.21. The molecule has 1 aromatic rings. The number of halogens is 1. The molecule has 0 radical (unpaired) electrons. The molecule has 3 heteroatoms. The van der Waals surface area contributed by atoms with E-state index in [1.807, 2.05) is 24.3 Å². The maximum Gasteiger partial charge on any atom is 0.227 e. The van der Waals surface area contributed by atoms with Crippen LogP contribution < -0.4 is 5.32 Å². The number of anilines is 1. The fraction of sp³-hybridized carbons (Fsp3) is 0.462. The second-order valence-corrected chi connectivity index (χ2v) is 5.58. The van der Waals surface area contributed by atoms with Gasteiger partial charge in [0.15, 0.2) is 0 Å². The molecule has 1 aromatic carbocycles. The zero-order valence-corrected chi connectivity index (χ0v) is 11.4. The van der Waals surface area contributed by atoms with Gasteiger partial charge in [-0.25, -0.2) is 0 Å². The molecule has 2 rings (SSSR count). The molecule has 1 saturated carbocycles. The lowest BCUT2D eigenvalue weighted by Crippen LogP contribution is -2.24. The third kappa shape index (κ3) is 3.20. The minimum absolute atomic E-state index is 0.196. The van der Waals surface area contributed by atoms with E-state index in [0.717, 1.165) is 22.1 Å². The van der Waals surface area contributed by atoms with Gasteiger partial charge in [-0.2, -0.15) is 0 Å². The summed E-state index contributed by atoms with van der Waals surface area (Å²) in [5, 5.41) is 3.01. The Morgan fingerprint density at radius 2 is 2.00 bits per heavy atom. The van der Waals surface area contributed by atoms with Gasteiger partial charge in [-0.15, -0.1) is 0 Å². The summed E-state index contributed by atoms with van der Waals surface area (Å²) in [4.78, 5) is 12.0. The van der Waals surface area contributed by atoms with Gasteiger partial charge >= 0.3 is 0 Å². The molecule has 0 heterocycles. The highest BCUT2D eigenvalue weighted by atomic mass is 127. The van der Waals surface area contributed by atoms with Gasteiger partial charge in [0.05, 0.1) is 0 Å². The van der Waals surface area contributed by atoms with E-state index >= 15 is 0 Å². The fourth-order valence-corrected chi connectivity index (χ4v) is 2.72. The van der Waals surface area contributed by atoms with E-state index in [-0.39, 0.29) is 11.8 Å². The first kappa shape index (κ1) is 11.9. The van der Waals surface area contributed by atoms with Crippen molar-refractivity contribution in [1.82, 2.24) is 0 Å². The predicted octanol–water partition coefficient (Wildman–Crippen LogP) is 3.81. The topological polar surface area (TPSA) is 29.1 Å². The van der Waals surface area contributed by atoms with Crippen LogP contribution in [0.25, 0.3) is 0 Å². The molecular formula is C13H16INO. The SMILES string of the molecule is O=C(Nc1cccc(I)c1)C1CCCCC1. The van der Waals surface area contributed by atoms with Crippen molar-refractivity contribution in [2.75, 3.05) is 5.32 Å². The number of carbonyl (C=O) groups is 1. The van der Waals surface area contributed by atoms with E-state index < -0.39 is 0 Å². The molecule has 1 aliphatic rings. The number of hydrogen-bond acceptors (Lipinski definition) is 1. The van der Waals surface area contributed by atoms with Crippen LogP contribution in [0.3, 0.4) is 0 Å². The van der Waals surface area contributed by atoms with Gasteiger partial charge in [-0.3, -0.25) is 4.79 Å². The second-order valence-electron chi connectivity index (χ2n) is 4.33. The first-order chi connectivity index (χ1) is 7.75. The van der Waals surface area contributed by atoms with Crippen molar-refractivity contribution in [1.29, 1.82) is 0 Å². The summed E-state index contributed by atoms with van der Waals surface area (Å²) in [5.41, 5.74) is 0.919. The molecule has 1 amide bonds. The van der Waals surface area contributed by atoms with Crippen LogP contribution in [0.4, 0.5) is 5.69 Å². The molecule has 0 aliphatic heterocycles. The standard InChI is InChI=1S/C13H16INO/c14-11-7-4-8-12(9-11)15-13(16)10-5-2-1-3-6-10/h4,7-10H,1-3,5-6H2,(H,15,16). The summed E-state index contributed by atoms with van der Waals surface area (Å²) < 4.78 is 1.15. The number of rotatable bonds is 2. The van der Waals surface area contributed by atoms with Crippen molar-refractivity contribution in [3.63, 3.8) is 0 Å². The lowest BCUT2D eigenvalue weighted by Gasteiger charge is -2.20. The monoisotopic (exact) mass is 329 g/mol. The van der Waals surface area contributed by atoms with Gasteiger partial charge in [0.2, 0.25) is 5.91 Å². The Morgan fingerprint density at radius 1 is 1.25 bits per heavy atom. The van der Waals surface area contributed by atoms with E-state index in [4.69, 9.17) is 0 Å². The molecule has 1 fully saturated rings. The van der Waals surface area contributed by atoms with Crippen LogP contribution in [0.1, 0.15) is 32.1 Å². The minimum Gasteiger partial charge on any atom is -0.326 e. The molecule has 0 atom stereocenters. The predicted molar refractivity (Wildman–Crippen MR) is 74.4 cm³/mol. The largest absolute Gasteiger partial charge is 0.326 e. The average molecular weight is 329 g/mol. The van der Waals surface area contributed by atoms with Gasteiger partial charge in [0.1, 0.15) is 0 Å². The number of amides is 1. The number of nitrogens with one attached hydrogen (secondary N) is 1.